The molecule has 0 aliphatic heterocycles. The largest absolute Gasteiger partial charge is 0.355 e. The molecule has 1 N–H and O–H groups in total. The Labute approximate surface area is 116 Å². The van der Waals surface area contributed by atoms with Crippen molar-refractivity contribution in [3.63, 3.8) is 0 Å². The minimum Gasteiger partial charge on any atom is -0.355 e. The van der Waals surface area contributed by atoms with Crippen molar-refractivity contribution in [3.8, 4) is 0 Å². The van der Waals surface area contributed by atoms with Crippen LogP contribution in [0.25, 0.3) is 0 Å². The molecule has 2 aromatic rings. The molecule has 0 aliphatic carbocycles. The summed E-state index contributed by atoms with van der Waals surface area (Å²) in [5.74, 6) is -0.625. The highest BCUT2D eigenvalue weighted by Crippen LogP contribution is 2.25. The molecule has 0 atom stereocenters. The highest BCUT2D eigenvalue weighted by molar-refractivity contribution is 6.30. The van der Waals surface area contributed by atoms with E-state index in [1.54, 1.807) is 18.2 Å². The molecule has 4 heteroatoms. The van der Waals surface area contributed by atoms with E-state index in [2.05, 4.69) is 5.32 Å². The minimum atomic E-state index is -0.449. The summed E-state index contributed by atoms with van der Waals surface area (Å²) in [6.45, 7) is 3.33. The Morgan fingerprint density at radius 2 is 1.95 bits per heavy atom. The quantitative estimate of drug-likeness (QED) is 0.822. The van der Waals surface area contributed by atoms with Gasteiger partial charge >= 0.3 is 0 Å². The van der Waals surface area contributed by atoms with E-state index in [0.29, 0.717) is 16.3 Å². The van der Waals surface area contributed by atoms with Crippen molar-refractivity contribution >= 4 is 28.8 Å². The molecule has 0 radical (unpaired) electrons. The summed E-state index contributed by atoms with van der Waals surface area (Å²) >= 11 is 5.93. The van der Waals surface area contributed by atoms with Gasteiger partial charge in [-0.25, -0.2) is 4.39 Å². The van der Waals surface area contributed by atoms with Crippen LogP contribution in [0.4, 0.5) is 15.8 Å². The molecule has 0 bridgehead atoms. The molecule has 0 amide bonds. The van der Waals surface area contributed by atoms with Gasteiger partial charge in [0.05, 0.1) is 0 Å². The van der Waals surface area contributed by atoms with Crippen LogP contribution in [0.15, 0.2) is 36.4 Å². The molecule has 0 spiro atoms. The van der Waals surface area contributed by atoms with Crippen molar-refractivity contribution in [3.05, 3.63) is 58.4 Å². The normalized spacial score (nSPS) is 10.3. The van der Waals surface area contributed by atoms with Crippen LogP contribution >= 0.6 is 11.6 Å². The van der Waals surface area contributed by atoms with Crippen LogP contribution < -0.4 is 5.32 Å². The number of hydrogen-bond donors (Lipinski definition) is 1. The van der Waals surface area contributed by atoms with Crippen LogP contribution in [0, 0.1) is 12.7 Å². The van der Waals surface area contributed by atoms with E-state index in [1.165, 1.54) is 19.1 Å². The highest BCUT2D eigenvalue weighted by Gasteiger charge is 2.06. The number of nitrogens with one attached hydrogen (secondary N) is 1. The molecule has 0 unspecified atom stereocenters. The van der Waals surface area contributed by atoms with E-state index in [1.807, 2.05) is 13.0 Å². The summed E-state index contributed by atoms with van der Waals surface area (Å²) in [6.07, 6.45) is 0. The fourth-order valence-electron chi connectivity index (χ4n) is 1.75. The second-order valence-electron chi connectivity index (χ2n) is 4.37. The maximum Gasteiger partial charge on any atom is 0.159 e. The Bertz CT molecular complexity index is 640. The van der Waals surface area contributed by atoms with Crippen LogP contribution in [-0.2, 0) is 0 Å². The number of rotatable bonds is 3. The molecule has 0 saturated carbocycles. The first-order chi connectivity index (χ1) is 8.95. The Morgan fingerprint density at radius 3 is 2.63 bits per heavy atom. The summed E-state index contributed by atoms with van der Waals surface area (Å²) < 4.78 is 13.5. The van der Waals surface area contributed by atoms with Crippen LogP contribution in [0.2, 0.25) is 5.02 Å². The van der Waals surface area contributed by atoms with Crippen molar-refractivity contribution in [2.24, 2.45) is 0 Å². The van der Waals surface area contributed by atoms with E-state index < -0.39 is 5.82 Å². The topological polar surface area (TPSA) is 29.1 Å². The molecule has 0 aromatic heterocycles. The fourth-order valence-corrected chi connectivity index (χ4v) is 1.92. The molecule has 98 valence electrons. The van der Waals surface area contributed by atoms with Gasteiger partial charge in [0.25, 0.3) is 0 Å². The summed E-state index contributed by atoms with van der Waals surface area (Å²) in [4.78, 5) is 11.3. The van der Waals surface area contributed by atoms with Gasteiger partial charge in [-0.05, 0) is 49.7 Å². The minimum absolute atomic E-state index is 0.176. The van der Waals surface area contributed by atoms with Gasteiger partial charge in [-0.3, -0.25) is 4.79 Å². The number of benzene rings is 2. The number of halogens is 2. The number of aryl methyl sites for hydroxylation is 1. The van der Waals surface area contributed by atoms with Crippen LogP contribution in [0.1, 0.15) is 22.8 Å². The van der Waals surface area contributed by atoms with Gasteiger partial charge in [-0.15, -0.1) is 0 Å². The first-order valence-electron chi connectivity index (χ1n) is 5.80. The Kier molecular flexibility index (Phi) is 3.86. The van der Waals surface area contributed by atoms with Gasteiger partial charge in [-0.1, -0.05) is 17.7 Å². The first kappa shape index (κ1) is 13.6. The summed E-state index contributed by atoms with van der Waals surface area (Å²) in [5.41, 5.74) is 2.63. The molecule has 2 rings (SSSR count). The maximum atomic E-state index is 13.5. The zero-order chi connectivity index (χ0) is 14.0. The third kappa shape index (κ3) is 3.32. The predicted molar refractivity (Wildman–Crippen MR) is 75.9 cm³/mol. The lowest BCUT2D eigenvalue weighted by atomic mass is 10.1. The monoisotopic (exact) mass is 277 g/mol. The van der Waals surface area contributed by atoms with E-state index in [-0.39, 0.29) is 5.78 Å². The molecule has 0 fully saturated rings. The predicted octanol–water partition coefficient (Wildman–Crippen LogP) is 4.73. The molecular formula is C15H13ClFNO. The number of carbonyl (C=O) groups excluding carboxylic acids is 1. The molecular weight excluding hydrogens is 265 g/mol. The Hall–Kier alpha value is -1.87. The first-order valence-corrected chi connectivity index (χ1v) is 6.18. The SMILES string of the molecule is CC(=O)c1cc(F)cc(Nc2cc(Cl)ccc2C)c1. The van der Waals surface area contributed by atoms with Gasteiger partial charge < -0.3 is 5.32 Å². The number of Topliss-reactive ketones (excluding diaryl/α,β-unsaturated/α-hetero) is 1. The van der Waals surface area contributed by atoms with Crippen LogP contribution in [0.3, 0.4) is 0 Å². The Balaban J connectivity index is 2.38. The maximum absolute atomic E-state index is 13.5. The standard InChI is InChI=1S/C15H13ClFNO/c1-9-3-4-12(16)7-15(9)18-14-6-11(10(2)19)5-13(17)8-14/h3-8,18H,1-2H3. The summed E-state index contributed by atoms with van der Waals surface area (Å²) in [6, 6.07) is 9.59. The average molecular weight is 278 g/mol. The lowest BCUT2D eigenvalue weighted by Gasteiger charge is -2.11. The van der Waals surface area contributed by atoms with Gasteiger partial charge in [0, 0.05) is 22.0 Å². The van der Waals surface area contributed by atoms with Crippen LogP contribution in [-0.4, -0.2) is 5.78 Å². The van der Waals surface area contributed by atoms with Crippen molar-refractivity contribution < 1.29 is 9.18 Å². The zero-order valence-corrected chi connectivity index (χ0v) is 11.4. The number of hydrogen-bond acceptors (Lipinski definition) is 2. The number of ketones is 1. The van der Waals surface area contributed by atoms with Gasteiger partial charge in [-0.2, -0.15) is 0 Å². The highest BCUT2D eigenvalue weighted by atomic mass is 35.5. The number of anilines is 2. The van der Waals surface area contributed by atoms with E-state index in [9.17, 15) is 9.18 Å². The molecule has 0 saturated heterocycles. The van der Waals surface area contributed by atoms with Crippen molar-refractivity contribution in [2.75, 3.05) is 5.32 Å². The second-order valence-corrected chi connectivity index (χ2v) is 4.81. The zero-order valence-electron chi connectivity index (χ0n) is 10.6. The fraction of sp³-hybridized carbons (Fsp3) is 0.133. The molecule has 0 heterocycles. The third-order valence-corrected chi connectivity index (χ3v) is 3.02. The molecule has 0 aliphatic rings. The summed E-state index contributed by atoms with van der Waals surface area (Å²) in [7, 11) is 0. The average Bonchev–Trinajstić information content (AvgIpc) is 2.33. The molecule has 2 nitrogen and oxygen atoms in total. The second kappa shape index (κ2) is 5.41. The Morgan fingerprint density at radius 1 is 1.21 bits per heavy atom. The molecule has 2 aromatic carbocycles. The molecule has 19 heavy (non-hydrogen) atoms. The van der Waals surface area contributed by atoms with E-state index in [4.69, 9.17) is 11.6 Å². The van der Waals surface area contributed by atoms with E-state index in [0.717, 1.165) is 11.3 Å². The van der Waals surface area contributed by atoms with E-state index >= 15 is 0 Å². The third-order valence-electron chi connectivity index (χ3n) is 2.78. The summed E-state index contributed by atoms with van der Waals surface area (Å²) in [5, 5.41) is 3.67. The lowest BCUT2D eigenvalue weighted by molar-refractivity contribution is 0.101. The smallest absolute Gasteiger partial charge is 0.159 e. The van der Waals surface area contributed by atoms with Gasteiger partial charge in [0.15, 0.2) is 5.78 Å². The van der Waals surface area contributed by atoms with Crippen LogP contribution in [0.5, 0.6) is 0 Å². The van der Waals surface area contributed by atoms with Crippen molar-refractivity contribution in [1.82, 2.24) is 0 Å². The number of carbonyl (C=O) groups is 1. The van der Waals surface area contributed by atoms with Gasteiger partial charge in [0.1, 0.15) is 5.82 Å². The van der Waals surface area contributed by atoms with Crippen molar-refractivity contribution in [1.29, 1.82) is 0 Å². The lowest BCUT2D eigenvalue weighted by Crippen LogP contribution is -1.98. The van der Waals surface area contributed by atoms with Crippen molar-refractivity contribution in [2.45, 2.75) is 13.8 Å². The van der Waals surface area contributed by atoms with Gasteiger partial charge in [0.2, 0.25) is 0 Å².